The molecule has 0 aromatic heterocycles. The van der Waals surface area contributed by atoms with Crippen molar-refractivity contribution in [1.29, 1.82) is 0 Å². The van der Waals surface area contributed by atoms with Crippen molar-refractivity contribution in [3.05, 3.63) is 88.5 Å². The van der Waals surface area contributed by atoms with E-state index in [9.17, 15) is 9.36 Å². The van der Waals surface area contributed by atoms with E-state index in [1.807, 2.05) is 56.3 Å². The Kier molecular flexibility index (Phi) is 9.50. The fourth-order valence-corrected chi connectivity index (χ4v) is 3.90. The highest BCUT2D eigenvalue weighted by Crippen LogP contribution is 2.35. The van der Waals surface area contributed by atoms with Crippen molar-refractivity contribution >= 4 is 19.4 Å². The Balaban J connectivity index is 1.76. The summed E-state index contributed by atoms with van der Waals surface area (Å²) >= 11 is 0. The smallest absolute Gasteiger partial charge is 0.412 e. The molecule has 0 heterocycles. The number of methoxy groups -OCH3 is 1. The highest BCUT2D eigenvalue weighted by Gasteiger charge is 2.16. The Hall–Kier alpha value is -3.36. The average molecular weight is 515 g/mol. The van der Waals surface area contributed by atoms with Gasteiger partial charge in [0.2, 0.25) is 0 Å². The highest BCUT2D eigenvalue weighted by atomic mass is 31.2. The number of rotatable bonds is 11. The summed E-state index contributed by atoms with van der Waals surface area (Å²) in [6, 6.07) is 18.3. The summed E-state index contributed by atoms with van der Waals surface area (Å²) in [6.45, 7) is 3.96. The summed E-state index contributed by atoms with van der Waals surface area (Å²) in [5.74, 6) is 0.829. The van der Waals surface area contributed by atoms with Gasteiger partial charge < -0.3 is 28.7 Å². The van der Waals surface area contributed by atoms with Gasteiger partial charge in [0.15, 0.2) is 13.1 Å². The predicted octanol–water partition coefficient (Wildman–Crippen LogP) is 5.14. The van der Waals surface area contributed by atoms with Crippen molar-refractivity contribution in [1.82, 2.24) is 0 Å². The van der Waals surface area contributed by atoms with Gasteiger partial charge in [0.25, 0.3) is 0 Å². The topological polar surface area (TPSA) is 124 Å². The van der Waals surface area contributed by atoms with Gasteiger partial charge >= 0.3 is 13.7 Å². The molecule has 0 aliphatic heterocycles. The lowest BCUT2D eigenvalue weighted by molar-refractivity contribution is 0.0515. The standard InChI is InChI=1S/C26H30NO8P/c1-18-11-22(35-17-36(29,30)31)12-19(2)23(18)13-21-9-10-25(34-16-32-3)24(14-21)27-26(28)33-15-20-7-5-4-6-8-20/h4-12,14H,13,15-17H2,1-3H3,(H,27,28)(H2,29,30,31). The quantitative estimate of drug-likeness (QED) is 0.237. The van der Waals surface area contributed by atoms with Gasteiger partial charge in [0, 0.05) is 7.11 Å². The molecule has 36 heavy (non-hydrogen) atoms. The molecule has 1 amide bonds. The minimum atomic E-state index is -4.27. The van der Waals surface area contributed by atoms with E-state index in [0.717, 1.165) is 27.8 Å². The molecule has 3 aromatic carbocycles. The minimum absolute atomic E-state index is 0.0153. The van der Waals surface area contributed by atoms with Crippen LogP contribution in [0.4, 0.5) is 10.5 Å². The molecule has 0 saturated carbocycles. The largest absolute Gasteiger partial charge is 0.481 e. The van der Waals surface area contributed by atoms with Crippen molar-refractivity contribution in [2.24, 2.45) is 0 Å². The van der Waals surface area contributed by atoms with Crippen molar-refractivity contribution in [2.45, 2.75) is 26.9 Å². The number of benzene rings is 3. The van der Waals surface area contributed by atoms with Crippen LogP contribution in [0.5, 0.6) is 11.5 Å². The third-order valence-corrected chi connectivity index (χ3v) is 5.74. The molecular weight excluding hydrogens is 485 g/mol. The lowest BCUT2D eigenvalue weighted by atomic mass is 9.95. The lowest BCUT2D eigenvalue weighted by Gasteiger charge is -2.16. The number of aryl methyl sites for hydroxylation is 2. The number of carbonyl (C=O) groups excluding carboxylic acids is 1. The Morgan fingerprint density at radius 2 is 1.64 bits per heavy atom. The molecule has 0 bridgehead atoms. The summed E-state index contributed by atoms with van der Waals surface area (Å²) in [5.41, 5.74) is 5.07. The molecule has 0 aliphatic carbocycles. The zero-order valence-electron chi connectivity index (χ0n) is 20.4. The van der Waals surface area contributed by atoms with E-state index in [-0.39, 0.29) is 13.4 Å². The number of ether oxygens (including phenoxy) is 4. The maximum atomic E-state index is 12.5. The zero-order valence-corrected chi connectivity index (χ0v) is 21.3. The second-order valence-corrected chi connectivity index (χ2v) is 9.81. The van der Waals surface area contributed by atoms with Crippen LogP contribution in [0.3, 0.4) is 0 Å². The van der Waals surface area contributed by atoms with Gasteiger partial charge in [-0.15, -0.1) is 0 Å². The molecule has 0 fully saturated rings. The van der Waals surface area contributed by atoms with Crippen LogP contribution in [0, 0.1) is 13.8 Å². The van der Waals surface area contributed by atoms with Crippen LogP contribution in [-0.4, -0.2) is 36.1 Å². The first kappa shape index (κ1) is 27.2. The first-order chi connectivity index (χ1) is 17.1. The molecule has 0 aliphatic rings. The third-order valence-electron chi connectivity index (χ3n) is 5.28. The molecule has 0 spiro atoms. The van der Waals surface area contributed by atoms with E-state index in [2.05, 4.69) is 5.32 Å². The lowest BCUT2D eigenvalue weighted by Crippen LogP contribution is -2.15. The van der Waals surface area contributed by atoms with E-state index in [1.54, 1.807) is 18.2 Å². The fourth-order valence-electron chi connectivity index (χ4n) is 3.58. The van der Waals surface area contributed by atoms with Crippen LogP contribution in [0.2, 0.25) is 0 Å². The molecule has 9 nitrogen and oxygen atoms in total. The maximum absolute atomic E-state index is 12.5. The van der Waals surface area contributed by atoms with Gasteiger partial charge in [-0.3, -0.25) is 9.88 Å². The Labute approximate surface area is 210 Å². The van der Waals surface area contributed by atoms with Gasteiger partial charge in [0.05, 0.1) is 5.69 Å². The second-order valence-electron chi connectivity index (χ2n) is 8.22. The van der Waals surface area contributed by atoms with Crippen LogP contribution >= 0.6 is 7.60 Å². The van der Waals surface area contributed by atoms with Crippen LogP contribution in [0.25, 0.3) is 0 Å². The number of hydrogen-bond donors (Lipinski definition) is 3. The normalized spacial score (nSPS) is 11.1. The molecule has 0 saturated heterocycles. The maximum Gasteiger partial charge on any atom is 0.412 e. The molecule has 192 valence electrons. The molecule has 3 rings (SSSR count). The van der Waals surface area contributed by atoms with E-state index < -0.39 is 20.0 Å². The first-order valence-electron chi connectivity index (χ1n) is 11.1. The highest BCUT2D eigenvalue weighted by molar-refractivity contribution is 7.51. The van der Waals surface area contributed by atoms with Crippen LogP contribution in [0.15, 0.2) is 60.7 Å². The second kappa shape index (κ2) is 12.6. The van der Waals surface area contributed by atoms with Crippen molar-refractivity contribution in [3.8, 4) is 11.5 Å². The van der Waals surface area contributed by atoms with Crippen LogP contribution in [-0.2, 0) is 27.1 Å². The van der Waals surface area contributed by atoms with Gasteiger partial charge in [0.1, 0.15) is 18.1 Å². The molecular formula is C26H30NO8P. The molecule has 3 N–H and O–H groups in total. The van der Waals surface area contributed by atoms with Crippen LogP contribution in [0.1, 0.15) is 27.8 Å². The monoisotopic (exact) mass is 515 g/mol. The fraction of sp³-hybridized carbons (Fsp3) is 0.269. The van der Waals surface area contributed by atoms with Gasteiger partial charge in [-0.25, -0.2) is 4.79 Å². The van der Waals surface area contributed by atoms with Crippen molar-refractivity contribution < 1.29 is 38.1 Å². The van der Waals surface area contributed by atoms with E-state index in [4.69, 9.17) is 28.7 Å². The van der Waals surface area contributed by atoms with Crippen LogP contribution < -0.4 is 14.8 Å². The van der Waals surface area contributed by atoms with E-state index in [0.29, 0.717) is 23.6 Å². The minimum Gasteiger partial charge on any atom is -0.481 e. The Bertz CT molecular complexity index is 1200. The first-order valence-corrected chi connectivity index (χ1v) is 12.9. The Morgan fingerprint density at radius 1 is 0.944 bits per heavy atom. The molecule has 0 radical (unpaired) electrons. The third kappa shape index (κ3) is 8.39. The average Bonchev–Trinajstić information content (AvgIpc) is 2.83. The molecule has 3 aromatic rings. The van der Waals surface area contributed by atoms with Gasteiger partial charge in [-0.05, 0) is 72.4 Å². The number of amides is 1. The summed E-state index contributed by atoms with van der Waals surface area (Å²) in [5, 5.41) is 2.75. The van der Waals surface area contributed by atoms with E-state index >= 15 is 0 Å². The number of anilines is 1. The summed E-state index contributed by atoms with van der Waals surface area (Å²) in [6.07, 6.45) is -0.740. The molecule has 0 unspecified atom stereocenters. The number of nitrogens with one attached hydrogen (secondary N) is 1. The number of hydrogen-bond acceptors (Lipinski definition) is 6. The summed E-state index contributed by atoms with van der Waals surface area (Å²) in [7, 11) is -2.76. The van der Waals surface area contributed by atoms with Gasteiger partial charge in [-0.1, -0.05) is 36.4 Å². The van der Waals surface area contributed by atoms with Gasteiger partial charge in [-0.2, -0.15) is 0 Å². The SMILES string of the molecule is COCOc1ccc(Cc2c(C)cc(OCP(=O)(O)O)cc2C)cc1NC(=O)OCc1ccccc1. The molecule has 0 atom stereocenters. The van der Waals surface area contributed by atoms with E-state index in [1.165, 1.54) is 7.11 Å². The molecule has 10 heteroatoms. The Morgan fingerprint density at radius 3 is 2.28 bits per heavy atom. The summed E-state index contributed by atoms with van der Waals surface area (Å²) < 4.78 is 32.3. The number of carbonyl (C=O) groups is 1. The van der Waals surface area contributed by atoms with Crippen molar-refractivity contribution in [2.75, 3.05) is 25.6 Å². The summed E-state index contributed by atoms with van der Waals surface area (Å²) in [4.78, 5) is 30.6. The zero-order chi connectivity index (χ0) is 26.1. The predicted molar refractivity (Wildman–Crippen MR) is 135 cm³/mol. The van der Waals surface area contributed by atoms with Crippen molar-refractivity contribution in [3.63, 3.8) is 0 Å².